The number of anilines is 1. The third-order valence-corrected chi connectivity index (χ3v) is 9.88. The molecule has 0 radical (unpaired) electrons. The van der Waals surface area contributed by atoms with Gasteiger partial charge in [-0.05, 0) is 91.2 Å². The van der Waals surface area contributed by atoms with Crippen molar-refractivity contribution in [3.8, 4) is 0 Å². The summed E-state index contributed by atoms with van der Waals surface area (Å²) in [7, 11) is 0. The predicted octanol–water partition coefficient (Wildman–Crippen LogP) is 4.73. The SMILES string of the molecule is CC12CC3CC(C)(C1)CC(CC(=O)Nc1cccc4c1CCN(CCCN1CCOCC1)C4=O)(C3)C2. The van der Waals surface area contributed by atoms with Crippen LogP contribution >= 0.6 is 0 Å². The lowest BCUT2D eigenvalue weighted by molar-refractivity contribution is -0.153. The molecule has 196 valence electrons. The molecule has 1 aromatic carbocycles. The summed E-state index contributed by atoms with van der Waals surface area (Å²) in [5, 5.41) is 3.26. The second-order valence-electron chi connectivity index (χ2n) is 13.5. The lowest BCUT2D eigenvalue weighted by Gasteiger charge is -2.65. The molecule has 4 saturated carbocycles. The van der Waals surface area contributed by atoms with Crippen molar-refractivity contribution in [1.29, 1.82) is 0 Å². The van der Waals surface area contributed by atoms with Gasteiger partial charge in [0.25, 0.3) is 5.91 Å². The maximum atomic E-state index is 13.4. The quantitative estimate of drug-likeness (QED) is 0.596. The minimum absolute atomic E-state index is 0.108. The maximum Gasteiger partial charge on any atom is 0.254 e. The molecule has 2 aliphatic heterocycles. The zero-order valence-corrected chi connectivity index (χ0v) is 22.2. The average Bonchev–Trinajstić information content (AvgIpc) is 2.79. The lowest BCUT2D eigenvalue weighted by Crippen LogP contribution is -2.55. The molecule has 0 spiro atoms. The molecule has 2 heterocycles. The number of rotatable bonds is 7. The lowest BCUT2D eigenvalue weighted by atomic mass is 9.40. The van der Waals surface area contributed by atoms with Crippen molar-refractivity contribution >= 4 is 17.5 Å². The van der Waals surface area contributed by atoms with Gasteiger partial charge in [-0.2, -0.15) is 0 Å². The van der Waals surface area contributed by atoms with Crippen LogP contribution in [0.3, 0.4) is 0 Å². The van der Waals surface area contributed by atoms with Gasteiger partial charge in [0, 0.05) is 50.4 Å². The van der Waals surface area contributed by atoms with Crippen LogP contribution in [0.25, 0.3) is 0 Å². The molecule has 2 atom stereocenters. The Morgan fingerprint density at radius 3 is 2.50 bits per heavy atom. The first-order valence-corrected chi connectivity index (χ1v) is 14.3. The van der Waals surface area contributed by atoms with Crippen LogP contribution in [0, 0.1) is 22.2 Å². The average molecular weight is 494 g/mol. The van der Waals surface area contributed by atoms with E-state index >= 15 is 0 Å². The second-order valence-corrected chi connectivity index (χ2v) is 13.5. The highest BCUT2D eigenvalue weighted by Crippen LogP contribution is 2.70. The number of benzene rings is 1. The first-order valence-electron chi connectivity index (χ1n) is 14.3. The summed E-state index contributed by atoms with van der Waals surface area (Å²) >= 11 is 0. The van der Waals surface area contributed by atoms with Crippen LogP contribution in [0.15, 0.2) is 18.2 Å². The minimum Gasteiger partial charge on any atom is -0.379 e. The van der Waals surface area contributed by atoms with Crippen LogP contribution in [-0.4, -0.2) is 67.6 Å². The number of hydrogen-bond donors (Lipinski definition) is 1. The van der Waals surface area contributed by atoms with Crippen molar-refractivity contribution in [3.05, 3.63) is 29.3 Å². The summed E-state index contributed by atoms with van der Waals surface area (Å²) in [6, 6.07) is 5.85. The number of nitrogens with one attached hydrogen (secondary N) is 1. The summed E-state index contributed by atoms with van der Waals surface area (Å²) in [4.78, 5) is 31.1. The van der Waals surface area contributed by atoms with E-state index in [0.29, 0.717) is 17.3 Å². The number of nitrogens with zero attached hydrogens (tertiary/aromatic N) is 2. The van der Waals surface area contributed by atoms with E-state index in [1.165, 1.54) is 38.5 Å². The highest BCUT2D eigenvalue weighted by molar-refractivity contribution is 6.00. The molecule has 7 rings (SSSR count). The molecule has 2 unspecified atom stereocenters. The first kappa shape index (κ1) is 24.4. The van der Waals surface area contributed by atoms with E-state index in [-0.39, 0.29) is 17.2 Å². The molecule has 5 fully saturated rings. The maximum absolute atomic E-state index is 13.4. The molecule has 1 saturated heterocycles. The highest BCUT2D eigenvalue weighted by Gasteiger charge is 2.60. The molecule has 6 aliphatic rings. The number of hydrogen-bond acceptors (Lipinski definition) is 4. The number of ether oxygens (including phenoxy) is 1. The molecule has 4 bridgehead atoms. The monoisotopic (exact) mass is 493 g/mol. The fourth-order valence-corrected chi connectivity index (χ4v) is 9.63. The van der Waals surface area contributed by atoms with Gasteiger partial charge in [-0.25, -0.2) is 0 Å². The Morgan fingerprint density at radius 1 is 1.03 bits per heavy atom. The van der Waals surface area contributed by atoms with E-state index in [4.69, 9.17) is 4.74 Å². The van der Waals surface area contributed by atoms with E-state index in [9.17, 15) is 9.59 Å². The Kier molecular flexibility index (Phi) is 6.19. The van der Waals surface area contributed by atoms with Gasteiger partial charge >= 0.3 is 0 Å². The number of carbonyl (C=O) groups excluding carboxylic acids is 2. The number of amides is 2. The van der Waals surface area contributed by atoms with Gasteiger partial charge in [0.15, 0.2) is 0 Å². The Balaban J connectivity index is 1.09. The third-order valence-electron chi connectivity index (χ3n) is 9.88. The summed E-state index contributed by atoms with van der Waals surface area (Å²) in [5.41, 5.74) is 3.62. The normalized spacial score (nSPS) is 35.7. The summed E-state index contributed by atoms with van der Waals surface area (Å²) in [6.07, 6.45) is 10.1. The largest absolute Gasteiger partial charge is 0.379 e. The predicted molar refractivity (Wildman–Crippen MR) is 141 cm³/mol. The van der Waals surface area contributed by atoms with E-state index in [1.54, 1.807) is 0 Å². The van der Waals surface area contributed by atoms with Gasteiger partial charge < -0.3 is 15.0 Å². The van der Waals surface area contributed by atoms with Crippen molar-refractivity contribution in [3.63, 3.8) is 0 Å². The number of morpholine rings is 1. The summed E-state index contributed by atoms with van der Waals surface area (Å²) < 4.78 is 5.43. The van der Waals surface area contributed by atoms with Crippen molar-refractivity contribution in [2.45, 2.75) is 71.6 Å². The van der Waals surface area contributed by atoms with E-state index in [1.807, 2.05) is 23.1 Å². The van der Waals surface area contributed by atoms with Crippen LogP contribution in [0.4, 0.5) is 5.69 Å². The topological polar surface area (TPSA) is 61.9 Å². The summed E-state index contributed by atoms with van der Waals surface area (Å²) in [5.74, 6) is 1.04. The van der Waals surface area contributed by atoms with Crippen molar-refractivity contribution in [2.75, 3.05) is 51.3 Å². The number of fused-ring (bicyclic) bond motifs is 1. The van der Waals surface area contributed by atoms with Crippen LogP contribution in [-0.2, 0) is 16.0 Å². The zero-order valence-electron chi connectivity index (χ0n) is 22.2. The highest BCUT2D eigenvalue weighted by atomic mass is 16.5. The Hall–Kier alpha value is -1.92. The zero-order chi connectivity index (χ0) is 25.0. The van der Waals surface area contributed by atoms with Gasteiger partial charge in [-0.15, -0.1) is 0 Å². The van der Waals surface area contributed by atoms with Crippen molar-refractivity contribution < 1.29 is 14.3 Å². The number of carbonyl (C=O) groups is 2. The first-order chi connectivity index (χ1) is 17.2. The molecule has 36 heavy (non-hydrogen) atoms. The molecule has 6 heteroatoms. The molecule has 1 aromatic rings. The molecular formula is C30H43N3O3. The van der Waals surface area contributed by atoms with E-state index in [0.717, 1.165) is 81.5 Å². The van der Waals surface area contributed by atoms with Gasteiger partial charge in [0.1, 0.15) is 0 Å². The van der Waals surface area contributed by atoms with Crippen LogP contribution in [0.1, 0.15) is 81.1 Å². The fraction of sp³-hybridized carbons (Fsp3) is 0.733. The molecule has 6 nitrogen and oxygen atoms in total. The minimum atomic E-state index is 0.108. The van der Waals surface area contributed by atoms with Crippen molar-refractivity contribution in [2.24, 2.45) is 22.2 Å². The Bertz CT molecular complexity index is 1010. The Morgan fingerprint density at radius 2 is 1.78 bits per heavy atom. The van der Waals surface area contributed by atoms with Crippen LogP contribution in [0.5, 0.6) is 0 Å². The van der Waals surface area contributed by atoms with Crippen molar-refractivity contribution in [1.82, 2.24) is 9.80 Å². The van der Waals surface area contributed by atoms with Gasteiger partial charge in [-0.3, -0.25) is 14.5 Å². The smallest absolute Gasteiger partial charge is 0.254 e. The second kappa shape index (κ2) is 9.13. The standard InChI is InChI=1S/C30H43N3O3/c1-28-15-22-16-29(2,19-28)21-30(17-22,20-28)18-26(34)31-25-6-3-5-24-23(25)7-10-33(27(24)35)9-4-8-32-11-13-36-14-12-32/h3,5-6,22H,4,7-21H2,1-2H3,(H,31,34). The molecule has 1 N–H and O–H groups in total. The van der Waals surface area contributed by atoms with Gasteiger partial charge in [0.2, 0.25) is 5.91 Å². The third kappa shape index (κ3) is 4.71. The van der Waals surface area contributed by atoms with E-state index < -0.39 is 0 Å². The van der Waals surface area contributed by atoms with Crippen LogP contribution in [0.2, 0.25) is 0 Å². The Labute approximate surface area is 216 Å². The van der Waals surface area contributed by atoms with Gasteiger partial charge in [0.05, 0.1) is 13.2 Å². The molecule has 0 aromatic heterocycles. The summed E-state index contributed by atoms with van der Waals surface area (Å²) in [6.45, 7) is 11.0. The fourth-order valence-electron chi connectivity index (χ4n) is 9.63. The molecule has 4 aliphatic carbocycles. The van der Waals surface area contributed by atoms with Gasteiger partial charge in [-0.1, -0.05) is 19.9 Å². The molecular weight excluding hydrogens is 450 g/mol. The van der Waals surface area contributed by atoms with Crippen LogP contribution < -0.4 is 5.32 Å². The molecule has 2 amide bonds. The van der Waals surface area contributed by atoms with E-state index in [2.05, 4.69) is 24.1 Å².